The molecule has 13 heteroatoms. The van der Waals surface area contributed by atoms with Gasteiger partial charge in [-0.25, -0.2) is 19.0 Å². The van der Waals surface area contributed by atoms with Crippen molar-refractivity contribution in [2.45, 2.75) is 50.9 Å². The van der Waals surface area contributed by atoms with Gasteiger partial charge >= 0.3 is 0 Å². The molecule has 0 spiro atoms. The lowest BCUT2D eigenvalue weighted by molar-refractivity contribution is -0.127. The number of carbonyl (C=O) groups is 1. The summed E-state index contributed by atoms with van der Waals surface area (Å²) in [7, 11) is 0. The Balaban J connectivity index is 1.11. The number of nitrogen functional groups attached to an aromatic ring is 1. The summed E-state index contributed by atoms with van der Waals surface area (Å²) in [5.74, 6) is 0.276. The van der Waals surface area contributed by atoms with Crippen molar-refractivity contribution in [2.24, 2.45) is 0 Å². The smallest absolute Gasteiger partial charge is 0.264 e. The number of nitrogens with two attached hydrogens (primary N) is 1. The second kappa shape index (κ2) is 13.5. The first-order valence-corrected chi connectivity index (χ1v) is 16.7. The second-order valence-corrected chi connectivity index (χ2v) is 13.4. The molecule has 254 valence electrons. The predicted molar refractivity (Wildman–Crippen MR) is 182 cm³/mol. The van der Waals surface area contributed by atoms with Crippen LogP contribution < -0.4 is 10.5 Å². The molecule has 1 atom stereocenters. The summed E-state index contributed by atoms with van der Waals surface area (Å²) in [5, 5.41) is 15.4. The number of nitriles is 1. The maximum atomic E-state index is 15.6. The van der Waals surface area contributed by atoms with Crippen molar-refractivity contribution in [2.75, 3.05) is 51.7 Å². The number of likely N-dealkylation sites (tertiary alicyclic amines) is 1. The number of ether oxygens (including phenoxy) is 2. The summed E-state index contributed by atoms with van der Waals surface area (Å²) in [6, 6.07) is 16.2. The highest BCUT2D eigenvalue weighted by Gasteiger charge is 2.36. The molecule has 3 saturated heterocycles. The third kappa shape index (κ3) is 6.59. The quantitative estimate of drug-likeness (QED) is 0.204. The average Bonchev–Trinajstić information content (AvgIpc) is 3.69. The molecule has 2 N–H and O–H groups in total. The van der Waals surface area contributed by atoms with Gasteiger partial charge in [0.1, 0.15) is 46.8 Å². The maximum Gasteiger partial charge on any atom is 0.264 e. The van der Waals surface area contributed by atoms with Gasteiger partial charge in [-0.05, 0) is 57.0 Å². The van der Waals surface area contributed by atoms with Crippen molar-refractivity contribution < 1.29 is 18.7 Å². The first-order chi connectivity index (χ1) is 23.7. The molecule has 0 radical (unpaired) electrons. The van der Waals surface area contributed by atoms with E-state index in [1.54, 1.807) is 33.8 Å². The minimum Gasteiger partial charge on any atom is -0.457 e. The van der Waals surface area contributed by atoms with E-state index < -0.39 is 11.4 Å². The SMILES string of the molecule is CC(C)(/C=C(/C#N)C(=O)N1CCC[C@@H]1Cn1nc(-c2ccc(Oc3ccccc3)cc2F)c2c(N)ncnc21)N1CCN(C2COC2)CC1. The van der Waals surface area contributed by atoms with Crippen molar-refractivity contribution in [3.05, 3.63) is 72.3 Å². The van der Waals surface area contributed by atoms with E-state index in [4.69, 9.17) is 20.3 Å². The topological polar surface area (TPSA) is 139 Å². The van der Waals surface area contributed by atoms with Gasteiger partial charge in [0.05, 0.1) is 37.2 Å². The number of benzene rings is 2. The van der Waals surface area contributed by atoms with Gasteiger partial charge in [-0.2, -0.15) is 10.4 Å². The van der Waals surface area contributed by atoms with E-state index in [0.29, 0.717) is 47.4 Å². The van der Waals surface area contributed by atoms with Crippen LogP contribution in [0.3, 0.4) is 0 Å². The third-order valence-electron chi connectivity index (χ3n) is 9.87. The van der Waals surface area contributed by atoms with E-state index in [1.165, 1.54) is 12.4 Å². The van der Waals surface area contributed by atoms with Crippen LogP contribution >= 0.6 is 0 Å². The Morgan fingerprint density at radius 2 is 1.88 bits per heavy atom. The number of carbonyl (C=O) groups excluding carboxylic acids is 1. The van der Waals surface area contributed by atoms with Crippen LogP contribution in [0.1, 0.15) is 26.7 Å². The van der Waals surface area contributed by atoms with Gasteiger partial charge in [-0.15, -0.1) is 0 Å². The Labute approximate surface area is 284 Å². The number of fused-ring (bicyclic) bond motifs is 1. The van der Waals surface area contributed by atoms with Gasteiger partial charge < -0.3 is 20.1 Å². The Bertz CT molecular complexity index is 1910. The number of hydrogen-bond acceptors (Lipinski definition) is 10. The van der Waals surface area contributed by atoms with Gasteiger partial charge in [-0.1, -0.05) is 18.2 Å². The molecular formula is C36H40FN9O3. The number of hydrogen-bond donors (Lipinski definition) is 1. The van der Waals surface area contributed by atoms with Gasteiger partial charge in [0.15, 0.2) is 5.65 Å². The lowest BCUT2D eigenvalue weighted by Crippen LogP contribution is -2.59. The van der Waals surface area contributed by atoms with Crippen LogP contribution in [0.25, 0.3) is 22.3 Å². The standard InChI is InChI=1S/C36H40FN9O3/c1-36(2,44-15-13-43(14-16-44)26-21-48-22-26)18-24(19-38)35(47)45-12-6-7-25(45)20-46-34-31(33(39)40-23-41-34)32(42-46)29-11-10-28(17-30(29)37)49-27-8-4-3-5-9-27/h3-5,8-11,17-18,23,25-26H,6-7,12-16,20-22H2,1-2H3,(H2,39,40,41)/b24-18-/t25-/m1/s1. The number of para-hydroxylation sites is 1. The molecule has 7 rings (SSSR count). The van der Waals surface area contributed by atoms with Gasteiger partial charge in [0, 0.05) is 49.9 Å². The van der Waals surface area contributed by atoms with E-state index in [-0.39, 0.29) is 28.9 Å². The lowest BCUT2D eigenvalue weighted by atomic mass is 9.97. The van der Waals surface area contributed by atoms with E-state index in [2.05, 4.69) is 39.7 Å². The number of anilines is 1. The van der Waals surface area contributed by atoms with Gasteiger partial charge in [-0.3, -0.25) is 14.6 Å². The van der Waals surface area contributed by atoms with E-state index in [1.807, 2.05) is 24.3 Å². The predicted octanol–water partition coefficient (Wildman–Crippen LogP) is 4.24. The Morgan fingerprint density at radius 1 is 1.10 bits per heavy atom. The largest absolute Gasteiger partial charge is 0.457 e. The fourth-order valence-electron chi connectivity index (χ4n) is 7.05. The normalized spacial score (nSPS) is 19.6. The average molecular weight is 666 g/mol. The van der Waals surface area contributed by atoms with E-state index >= 15 is 4.39 Å². The molecule has 3 fully saturated rings. The van der Waals surface area contributed by atoms with Crippen molar-refractivity contribution >= 4 is 22.8 Å². The molecule has 49 heavy (non-hydrogen) atoms. The number of amides is 1. The number of aromatic nitrogens is 4. The zero-order valence-corrected chi connectivity index (χ0v) is 27.8. The molecule has 12 nitrogen and oxygen atoms in total. The molecule has 4 aromatic rings. The Kier molecular flexibility index (Phi) is 9.02. The van der Waals surface area contributed by atoms with Crippen molar-refractivity contribution in [3.8, 4) is 28.8 Å². The van der Waals surface area contributed by atoms with E-state index in [9.17, 15) is 10.1 Å². The van der Waals surface area contributed by atoms with Crippen LogP contribution in [0.5, 0.6) is 11.5 Å². The molecule has 0 saturated carbocycles. The summed E-state index contributed by atoms with van der Waals surface area (Å²) in [6.07, 6.45) is 4.67. The first kappa shape index (κ1) is 32.6. The number of nitrogens with zero attached hydrogens (tertiary/aromatic N) is 8. The third-order valence-corrected chi connectivity index (χ3v) is 9.87. The second-order valence-electron chi connectivity index (χ2n) is 13.4. The number of rotatable bonds is 9. The molecule has 5 heterocycles. The molecule has 0 aliphatic carbocycles. The minimum atomic E-state index is -0.536. The van der Waals surface area contributed by atoms with Crippen molar-refractivity contribution in [3.63, 3.8) is 0 Å². The summed E-state index contributed by atoms with van der Waals surface area (Å²) in [6.45, 7) is 10.1. The summed E-state index contributed by atoms with van der Waals surface area (Å²) in [4.78, 5) is 29.1. The fourth-order valence-corrected chi connectivity index (χ4v) is 7.05. The summed E-state index contributed by atoms with van der Waals surface area (Å²) in [5.41, 5.74) is 6.93. The molecule has 3 aliphatic rings. The van der Waals surface area contributed by atoms with Gasteiger partial charge in [0.25, 0.3) is 5.91 Å². The van der Waals surface area contributed by atoms with Crippen LogP contribution in [0.4, 0.5) is 10.2 Å². The molecule has 3 aliphatic heterocycles. The summed E-state index contributed by atoms with van der Waals surface area (Å²) < 4.78 is 28.5. The molecule has 0 unspecified atom stereocenters. The van der Waals surface area contributed by atoms with Crippen LogP contribution in [-0.4, -0.2) is 104 Å². The fraction of sp³-hybridized carbons (Fsp3) is 0.417. The van der Waals surface area contributed by atoms with Crippen LogP contribution in [-0.2, 0) is 16.1 Å². The molecule has 0 bridgehead atoms. The van der Waals surface area contributed by atoms with E-state index in [0.717, 1.165) is 52.2 Å². The minimum absolute atomic E-state index is 0.129. The van der Waals surface area contributed by atoms with Crippen LogP contribution in [0.15, 0.2) is 66.5 Å². The maximum absolute atomic E-state index is 15.6. The zero-order chi connectivity index (χ0) is 34.1. The first-order valence-electron chi connectivity index (χ1n) is 16.7. The number of halogens is 1. The highest BCUT2D eigenvalue weighted by molar-refractivity contribution is 5.99. The highest BCUT2D eigenvalue weighted by atomic mass is 19.1. The van der Waals surface area contributed by atoms with Crippen LogP contribution in [0, 0.1) is 17.1 Å². The highest BCUT2D eigenvalue weighted by Crippen LogP contribution is 2.35. The Morgan fingerprint density at radius 3 is 2.57 bits per heavy atom. The monoisotopic (exact) mass is 665 g/mol. The molecule has 2 aromatic heterocycles. The summed E-state index contributed by atoms with van der Waals surface area (Å²) >= 11 is 0. The lowest BCUT2D eigenvalue weighted by Gasteiger charge is -2.46. The number of piperazine rings is 1. The zero-order valence-electron chi connectivity index (χ0n) is 27.8. The van der Waals surface area contributed by atoms with Crippen molar-refractivity contribution in [1.82, 2.24) is 34.4 Å². The Hall–Kier alpha value is -4.90. The molecular weight excluding hydrogens is 625 g/mol. The molecule has 2 aromatic carbocycles. The van der Waals surface area contributed by atoms with Crippen molar-refractivity contribution in [1.29, 1.82) is 5.26 Å². The molecule has 1 amide bonds. The van der Waals surface area contributed by atoms with Crippen LogP contribution in [0.2, 0.25) is 0 Å². The van der Waals surface area contributed by atoms with Gasteiger partial charge in [0.2, 0.25) is 0 Å².